The van der Waals surface area contributed by atoms with E-state index in [0.717, 1.165) is 25.7 Å². The van der Waals surface area contributed by atoms with Gasteiger partial charge in [0.15, 0.2) is 11.5 Å². The summed E-state index contributed by atoms with van der Waals surface area (Å²) in [7, 11) is -3.55. The highest BCUT2D eigenvalue weighted by Gasteiger charge is 2.41. The van der Waals surface area contributed by atoms with Gasteiger partial charge in [-0.2, -0.15) is 4.31 Å². The Morgan fingerprint density at radius 2 is 1.78 bits per heavy atom. The Hall–Kier alpha value is -1.31. The van der Waals surface area contributed by atoms with Gasteiger partial charge in [0.2, 0.25) is 10.0 Å². The lowest BCUT2D eigenvalue weighted by Gasteiger charge is -2.42. The van der Waals surface area contributed by atoms with Gasteiger partial charge in [-0.05, 0) is 25.0 Å². The van der Waals surface area contributed by atoms with E-state index in [0.29, 0.717) is 37.9 Å². The largest absolute Gasteiger partial charge is 0.486 e. The van der Waals surface area contributed by atoms with E-state index in [-0.39, 0.29) is 17.0 Å². The molecule has 23 heavy (non-hydrogen) atoms. The van der Waals surface area contributed by atoms with Crippen molar-refractivity contribution in [3.8, 4) is 11.5 Å². The molecule has 1 aromatic carbocycles. The summed E-state index contributed by atoms with van der Waals surface area (Å²) in [5.41, 5.74) is 0. The summed E-state index contributed by atoms with van der Waals surface area (Å²) in [6, 6.07) is 4.82. The lowest BCUT2D eigenvalue weighted by molar-refractivity contribution is -0.0586. The Morgan fingerprint density at radius 1 is 1.00 bits per heavy atom. The van der Waals surface area contributed by atoms with Gasteiger partial charge in [-0.25, -0.2) is 8.42 Å². The van der Waals surface area contributed by atoms with Crippen molar-refractivity contribution in [1.82, 2.24) is 4.31 Å². The second kappa shape index (κ2) is 5.96. The van der Waals surface area contributed by atoms with Crippen LogP contribution in [0.2, 0.25) is 0 Å². The molecule has 2 aliphatic heterocycles. The van der Waals surface area contributed by atoms with E-state index < -0.39 is 10.0 Å². The Morgan fingerprint density at radius 3 is 2.65 bits per heavy atom. The van der Waals surface area contributed by atoms with Crippen LogP contribution in [0.15, 0.2) is 23.1 Å². The average Bonchev–Trinajstić information content (AvgIpc) is 2.60. The smallest absolute Gasteiger partial charge is 0.243 e. The minimum atomic E-state index is -3.55. The monoisotopic (exact) mass is 339 g/mol. The first-order chi connectivity index (χ1) is 11.2. The van der Waals surface area contributed by atoms with Gasteiger partial charge < -0.3 is 14.2 Å². The first kappa shape index (κ1) is 15.2. The maximum Gasteiger partial charge on any atom is 0.243 e. The lowest BCUT2D eigenvalue weighted by atomic mass is 9.91. The minimum Gasteiger partial charge on any atom is -0.486 e. The fourth-order valence-corrected chi connectivity index (χ4v) is 5.36. The molecule has 2 fully saturated rings. The van der Waals surface area contributed by atoms with E-state index in [9.17, 15) is 8.42 Å². The van der Waals surface area contributed by atoms with Crippen LogP contribution in [0.3, 0.4) is 0 Å². The van der Waals surface area contributed by atoms with Crippen LogP contribution in [0, 0.1) is 0 Å². The molecule has 4 rings (SSSR count). The van der Waals surface area contributed by atoms with E-state index in [1.54, 1.807) is 22.5 Å². The van der Waals surface area contributed by atoms with Crippen LogP contribution in [0.1, 0.15) is 25.7 Å². The number of hydrogen-bond donors (Lipinski definition) is 0. The normalized spacial score (nSPS) is 28.2. The second-order valence-electron chi connectivity index (χ2n) is 6.18. The number of ether oxygens (including phenoxy) is 3. The van der Waals surface area contributed by atoms with Crippen molar-refractivity contribution in [2.45, 2.75) is 42.7 Å². The number of morpholine rings is 1. The Balaban J connectivity index is 1.66. The molecule has 1 aliphatic carbocycles. The predicted molar refractivity (Wildman–Crippen MR) is 83.3 cm³/mol. The zero-order valence-electron chi connectivity index (χ0n) is 12.9. The number of hydrogen-bond acceptors (Lipinski definition) is 5. The lowest BCUT2D eigenvalue weighted by Crippen LogP contribution is -2.54. The van der Waals surface area contributed by atoms with Crippen molar-refractivity contribution in [1.29, 1.82) is 0 Å². The van der Waals surface area contributed by atoms with Crippen molar-refractivity contribution in [3.05, 3.63) is 18.2 Å². The van der Waals surface area contributed by atoms with Gasteiger partial charge in [0.25, 0.3) is 0 Å². The molecule has 3 aliphatic rings. The molecule has 7 heteroatoms. The molecule has 0 amide bonds. The zero-order valence-corrected chi connectivity index (χ0v) is 13.8. The Labute approximate surface area is 136 Å². The zero-order chi connectivity index (χ0) is 15.9. The SMILES string of the molecule is O=S(=O)(c1ccc2c(c1)OCCO2)N1CCOC2CCCCC21. The Bertz CT molecular complexity index is 688. The van der Waals surface area contributed by atoms with Gasteiger partial charge in [-0.3, -0.25) is 0 Å². The van der Waals surface area contributed by atoms with Crippen LogP contribution in [0.4, 0.5) is 0 Å². The van der Waals surface area contributed by atoms with Crippen LogP contribution in [-0.2, 0) is 14.8 Å². The van der Waals surface area contributed by atoms with Crippen molar-refractivity contribution in [2.75, 3.05) is 26.4 Å². The molecule has 1 saturated heterocycles. The third kappa shape index (κ3) is 2.70. The molecule has 6 nitrogen and oxygen atoms in total. The van der Waals surface area contributed by atoms with E-state index >= 15 is 0 Å². The average molecular weight is 339 g/mol. The standard InChI is InChI=1S/C16H21NO5S/c18-23(19,12-5-6-15-16(11-12)22-10-9-21-15)17-7-8-20-14-4-2-1-3-13(14)17/h5-6,11,13-14H,1-4,7-10H2. The highest BCUT2D eigenvalue weighted by atomic mass is 32.2. The van der Waals surface area contributed by atoms with Crippen molar-refractivity contribution >= 4 is 10.0 Å². The summed E-state index contributed by atoms with van der Waals surface area (Å²) >= 11 is 0. The highest BCUT2D eigenvalue weighted by molar-refractivity contribution is 7.89. The van der Waals surface area contributed by atoms with Gasteiger partial charge in [-0.1, -0.05) is 12.8 Å². The van der Waals surface area contributed by atoms with Gasteiger partial charge in [-0.15, -0.1) is 0 Å². The van der Waals surface area contributed by atoms with Crippen molar-refractivity contribution < 1.29 is 22.6 Å². The number of nitrogens with zero attached hydrogens (tertiary/aromatic N) is 1. The fourth-order valence-electron chi connectivity index (χ4n) is 3.68. The third-order valence-electron chi connectivity index (χ3n) is 4.80. The van der Waals surface area contributed by atoms with E-state index in [4.69, 9.17) is 14.2 Å². The van der Waals surface area contributed by atoms with Crippen LogP contribution in [0.5, 0.6) is 11.5 Å². The van der Waals surface area contributed by atoms with Gasteiger partial charge in [0.05, 0.1) is 23.6 Å². The number of benzene rings is 1. The topological polar surface area (TPSA) is 65.1 Å². The Kier molecular flexibility index (Phi) is 3.95. The summed E-state index contributed by atoms with van der Waals surface area (Å²) in [5.74, 6) is 1.11. The maximum absolute atomic E-state index is 13.1. The quantitative estimate of drug-likeness (QED) is 0.822. The first-order valence-corrected chi connectivity index (χ1v) is 9.63. The number of fused-ring (bicyclic) bond motifs is 2. The number of sulfonamides is 1. The highest BCUT2D eigenvalue weighted by Crippen LogP contribution is 2.36. The van der Waals surface area contributed by atoms with Gasteiger partial charge >= 0.3 is 0 Å². The third-order valence-corrected chi connectivity index (χ3v) is 6.72. The molecule has 0 aromatic heterocycles. The van der Waals surface area contributed by atoms with Crippen molar-refractivity contribution in [2.24, 2.45) is 0 Å². The van der Waals surface area contributed by atoms with Crippen LogP contribution >= 0.6 is 0 Å². The molecule has 2 unspecified atom stereocenters. The molecule has 2 heterocycles. The van der Waals surface area contributed by atoms with Gasteiger partial charge in [0, 0.05) is 12.6 Å². The van der Waals surface area contributed by atoms with Crippen LogP contribution < -0.4 is 9.47 Å². The predicted octanol–water partition coefficient (Wildman–Crippen LogP) is 1.79. The maximum atomic E-state index is 13.1. The van der Waals surface area contributed by atoms with E-state index in [2.05, 4.69) is 0 Å². The van der Waals surface area contributed by atoms with Crippen LogP contribution in [0.25, 0.3) is 0 Å². The van der Waals surface area contributed by atoms with E-state index in [1.165, 1.54) is 0 Å². The molecule has 1 aromatic rings. The minimum absolute atomic E-state index is 0.0319. The molecule has 1 saturated carbocycles. The summed E-state index contributed by atoms with van der Waals surface area (Å²) < 4.78 is 44.6. The molecule has 0 spiro atoms. The molecule has 0 N–H and O–H groups in total. The number of rotatable bonds is 2. The van der Waals surface area contributed by atoms with Gasteiger partial charge in [0.1, 0.15) is 13.2 Å². The van der Waals surface area contributed by atoms with E-state index in [1.807, 2.05) is 0 Å². The van der Waals surface area contributed by atoms with Crippen molar-refractivity contribution in [3.63, 3.8) is 0 Å². The fraction of sp³-hybridized carbons (Fsp3) is 0.625. The molecule has 2 atom stereocenters. The summed E-state index contributed by atoms with van der Waals surface area (Å²) in [5, 5.41) is 0. The molecule has 126 valence electrons. The molecule has 0 bridgehead atoms. The molecular weight excluding hydrogens is 318 g/mol. The first-order valence-electron chi connectivity index (χ1n) is 8.19. The second-order valence-corrected chi connectivity index (χ2v) is 8.07. The summed E-state index contributed by atoms with van der Waals surface area (Å²) in [6.07, 6.45) is 4.01. The summed E-state index contributed by atoms with van der Waals surface area (Å²) in [6.45, 7) is 1.81. The molecular formula is C16H21NO5S. The molecule has 0 radical (unpaired) electrons. The summed E-state index contributed by atoms with van der Waals surface area (Å²) in [4.78, 5) is 0.271. The van der Waals surface area contributed by atoms with Crippen LogP contribution in [-0.4, -0.2) is 51.2 Å².